The molecule has 0 bridgehead atoms. The molecule has 0 saturated heterocycles. The van der Waals surface area contributed by atoms with Crippen LogP contribution in [0.5, 0.6) is 5.75 Å². The third kappa shape index (κ3) is 5.20. The standard InChI is InChI=1S/C31H25BrN2O3/c1-2-34(27-13-7-10-21-8-3-5-11-25(21)27)31(36)23-14-17-24(18-15-23)33-29(35)20-37-28-19-16-22-9-4-6-12-26(22)30(28)32/h3-19H,2,20H2,1H3,(H,33,35). The predicted molar refractivity (Wildman–Crippen MR) is 154 cm³/mol. The van der Waals surface area contributed by atoms with Crippen LogP contribution in [0, 0.1) is 0 Å². The zero-order valence-corrected chi connectivity index (χ0v) is 21.9. The number of nitrogens with zero attached hydrogens (tertiary/aromatic N) is 1. The highest BCUT2D eigenvalue weighted by atomic mass is 79.9. The Morgan fingerprint density at radius 1 is 0.784 bits per heavy atom. The van der Waals surface area contributed by atoms with Gasteiger partial charge in [0, 0.05) is 23.2 Å². The summed E-state index contributed by atoms with van der Waals surface area (Å²) in [5, 5.41) is 7.05. The minimum absolute atomic E-state index is 0.0961. The van der Waals surface area contributed by atoms with Gasteiger partial charge in [-0.1, -0.05) is 66.7 Å². The summed E-state index contributed by atoms with van der Waals surface area (Å²) in [5.41, 5.74) is 2.01. The second kappa shape index (κ2) is 10.8. The lowest BCUT2D eigenvalue weighted by atomic mass is 10.1. The molecule has 0 saturated carbocycles. The van der Waals surface area contributed by atoms with Crippen molar-refractivity contribution in [2.45, 2.75) is 6.92 Å². The molecule has 37 heavy (non-hydrogen) atoms. The van der Waals surface area contributed by atoms with E-state index in [2.05, 4.69) is 21.2 Å². The summed E-state index contributed by atoms with van der Waals surface area (Å²) >= 11 is 3.58. The molecule has 5 rings (SSSR count). The number of carbonyl (C=O) groups is 2. The second-order valence-corrected chi connectivity index (χ2v) is 9.35. The maximum absolute atomic E-state index is 13.4. The molecule has 1 N–H and O–H groups in total. The summed E-state index contributed by atoms with van der Waals surface area (Å²) in [6.07, 6.45) is 0. The van der Waals surface area contributed by atoms with Crippen LogP contribution < -0.4 is 15.0 Å². The van der Waals surface area contributed by atoms with Gasteiger partial charge in [-0.25, -0.2) is 0 Å². The fourth-order valence-electron chi connectivity index (χ4n) is 4.38. The smallest absolute Gasteiger partial charge is 0.262 e. The van der Waals surface area contributed by atoms with Gasteiger partial charge in [-0.2, -0.15) is 0 Å². The van der Waals surface area contributed by atoms with E-state index in [0.29, 0.717) is 23.5 Å². The lowest BCUT2D eigenvalue weighted by Gasteiger charge is -2.23. The molecule has 0 spiro atoms. The number of amides is 2. The summed E-state index contributed by atoms with van der Waals surface area (Å²) in [7, 11) is 0. The SMILES string of the molecule is CCN(C(=O)c1ccc(NC(=O)COc2ccc3ccccc3c2Br)cc1)c1cccc2ccccc12. The maximum atomic E-state index is 13.4. The van der Waals surface area contributed by atoms with Gasteiger partial charge >= 0.3 is 0 Å². The predicted octanol–water partition coefficient (Wildman–Crippen LogP) is 7.44. The summed E-state index contributed by atoms with van der Waals surface area (Å²) in [5.74, 6) is 0.217. The first-order valence-electron chi connectivity index (χ1n) is 12.0. The van der Waals surface area contributed by atoms with E-state index < -0.39 is 0 Å². The lowest BCUT2D eigenvalue weighted by Crippen LogP contribution is -2.30. The highest BCUT2D eigenvalue weighted by molar-refractivity contribution is 9.10. The molecule has 0 radical (unpaired) electrons. The molecular weight excluding hydrogens is 528 g/mol. The molecule has 5 aromatic rings. The Hall–Kier alpha value is -4.16. The Labute approximate surface area is 223 Å². The van der Waals surface area contributed by atoms with Gasteiger partial charge in [-0.05, 0) is 75.4 Å². The van der Waals surface area contributed by atoms with Crippen molar-refractivity contribution in [1.82, 2.24) is 0 Å². The lowest BCUT2D eigenvalue weighted by molar-refractivity contribution is -0.118. The van der Waals surface area contributed by atoms with Crippen LogP contribution in [0.15, 0.2) is 108 Å². The first-order chi connectivity index (χ1) is 18.0. The van der Waals surface area contributed by atoms with Gasteiger partial charge in [-0.3, -0.25) is 9.59 Å². The Bertz CT molecular complexity index is 1590. The fraction of sp³-hybridized carbons (Fsp3) is 0.0968. The molecule has 0 aromatic heterocycles. The molecule has 0 fully saturated rings. The van der Waals surface area contributed by atoms with E-state index >= 15 is 0 Å². The molecule has 0 unspecified atom stereocenters. The number of rotatable bonds is 7. The average Bonchev–Trinajstić information content (AvgIpc) is 2.94. The second-order valence-electron chi connectivity index (χ2n) is 8.56. The summed E-state index contributed by atoms with van der Waals surface area (Å²) in [6.45, 7) is 2.36. The number of fused-ring (bicyclic) bond motifs is 2. The molecule has 0 heterocycles. The van der Waals surface area contributed by atoms with Crippen molar-refractivity contribution in [2.24, 2.45) is 0 Å². The molecule has 0 aliphatic carbocycles. The Morgan fingerprint density at radius 3 is 2.16 bits per heavy atom. The van der Waals surface area contributed by atoms with Crippen LogP contribution in [0.2, 0.25) is 0 Å². The van der Waals surface area contributed by atoms with Gasteiger partial charge in [0.15, 0.2) is 6.61 Å². The molecule has 2 amide bonds. The average molecular weight is 553 g/mol. The number of hydrogen-bond donors (Lipinski definition) is 1. The minimum atomic E-state index is -0.287. The molecule has 0 aliphatic heterocycles. The van der Waals surface area contributed by atoms with Crippen molar-refractivity contribution in [1.29, 1.82) is 0 Å². The van der Waals surface area contributed by atoms with Gasteiger partial charge in [0.05, 0.1) is 10.2 Å². The monoisotopic (exact) mass is 552 g/mol. The van der Waals surface area contributed by atoms with Crippen molar-refractivity contribution < 1.29 is 14.3 Å². The minimum Gasteiger partial charge on any atom is -0.483 e. The summed E-state index contributed by atoms with van der Waals surface area (Å²) in [4.78, 5) is 27.6. The topological polar surface area (TPSA) is 58.6 Å². The number of carbonyl (C=O) groups excluding carboxylic acids is 2. The Balaban J connectivity index is 1.25. The van der Waals surface area contributed by atoms with Crippen molar-refractivity contribution in [3.63, 3.8) is 0 Å². The number of halogens is 1. The van der Waals surface area contributed by atoms with Gasteiger partial charge in [0.25, 0.3) is 11.8 Å². The van der Waals surface area contributed by atoms with E-state index in [1.165, 1.54) is 0 Å². The number of hydrogen-bond acceptors (Lipinski definition) is 3. The largest absolute Gasteiger partial charge is 0.483 e. The Kier molecular flexibility index (Phi) is 7.19. The molecule has 184 valence electrons. The first-order valence-corrected chi connectivity index (χ1v) is 12.8. The highest BCUT2D eigenvalue weighted by Gasteiger charge is 2.18. The fourth-order valence-corrected chi connectivity index (χ4v) is 4.99. The highest BCUT2D eigenvalue weighted by Crippen LogP contribution is 2.33. The maximum Gasteiger partial charge on any atom is 0.262 e. The quantitative estimate of drug-likeness (QED) is 0.228. The van der Waals surface area contributed by atoms with Crippen LogP contribution in [0.1, 0.15) is 17.3 Å². The first kappa shape index (κ1) is 24.5. The van der Waals surface area contributed by atoms with E-state index in [9.17, 15) is 9.59 Å². The van der Waals surface area contributed by atoms with Crippen LogP contribution in [-0.2, 0) is 4.79 Å². The van der Waals surface area contributed by atoms with Crippen LogP contribution in [0.3, 0.4) is 0 Å². The van der Waals surface area contributed by atoms with Crippen molar-refractivity contribution in [2.75, 3.05) is 23.4 Å². The zero-order valence-electron chi connectivity index (χ0n) is 20.3. The number of anilines is 2. The summed E-state index contributed by atoms with van der Waals surface area (Å²) in [6, 6.07) is 32.7. The van der Waals surface area contributed by atoms with Crippen LogP contribution >= 0.6 is 15.9 Å². The van der Waals surface area contributed by atoms with E-state index in [0.717, 1.165) is 31.7 Å². The van der Waals surface area contributed by atoms with E-state index in [-0.39, 0.29) is 18.4 Å². The molecule has 5 aromatic carbocycles. The molecule has 6 heteroatoms. The third-order valence-corrected chi connectivity index (χ3v) is 7.04. The van der Waals surface area contributed by atoms with E-state index in [4.69, 9.17) is 4.74 Å². The van der Waals surface area contributed by atoms with Crippen LogP contribution in [0.4, 0.5) is 11.4 Å². The summed E-state index contributed by atoms with van der Waals surface area (Å²) < 4.78 is 6.56. The number of ether oxygens (including phenoxy) is 1. The molecule has 0 atom stereocenters. The molecule has 5 nitrogen and oxygen atoms in total. The van der Waals surface area contributed by atoms with Crippen molar-refractivity contribution >= 4 is 60.7 Å². The van der Waals surface area contributed by atoms with Gasteiger partial charge in [0.2, 0.25) is 0 Å². The van der Waals surface area contributed by atoms with Gasteiger partial charge in [-0.15, -0.1) is 0 Å². The van der Waals surface area contributed by atoms with Gasteiger partial charge < -0.3 is 15.0 Å². The van der Waals surface area contributed by atoms with Crippen LogP contribution in [-0.4, -0.2) is 25.0 Å². The number of nitrogens with one attached hydrogen (secondary N) is 1. The van der Waals surface area contributed by atoms with Crippen molar-refractivity contribution in [3.05, 3.63) is 113 Å². The Morgan fingerprint density at radius 2 is 1.43 bits per heavy atom. The number of benzene rings is 5. The van der Waals surface area contributed by atoms with Gasteiger partial charge in [0.1, 0.15) is 5.75 Å². The van der Waals surface area contributed by atoms with Crippen molar-refractivity contribution in [3.8, 4) is 5.75 Å². The normalized spacial score (nSPS) is 10.9. The molecular formula is C31H25BrN2O3. The zero-order chi connectivity index (χ0) is 25.8. The molecule has 0 aliphatic rings. The van der Waals surface area contributed by atoms with E-state index in [1.807, 2.05) is 85.8 Å². The third-order valence-electron chi connectivity index (χ3n) is 6.22. The van der Waals surface area contributed by atoms with Crippen LogP contribution in [0.25, 0.3) is 21.5 Å². The van der Waals surface area contributed by atoms with E-state index in [1.54, 1.807) is 29.2 Å².